The number of ether oxygens (including phenoxy) is 1. The van der Waals surface area contributed by atoms with Gasteiger partial charge in [-0.1, -0.05) is 67.0 Å². The minimum absolute atomic E-state index is 0.0384. The number of nitrogens with zero attached hydrogens (tertiary/aromatic N) is 4. The second-order valence-corrected chi connectivity index (χ2v) is 20.4. The maximum absolute atomic E-state index is 11.6. The van der Waals surface area contributed by atoms with Crippen LogP contribution in [0.4, 0.5) is 5.95 Å². The standard InChI is InChI=1S/C24H38ClN5O5Si2/c1-12(2)36(13(3)4)32-11-17-20(34-37(35-36,14(5)6)15(7)8)19(31)23(33-17)30-10-16(9-26)18-21(25)28-24(27)29-22(18)30/h10,12-15,17,19-20,23,31H,11H2,1-8H3,(H2,27,28,29)/t17-,19-,20-,23-/m1/s1. The molecule has 0 amide bonds. The van der Waals surface area contributed by atoms with Crippen LogP contribution in [-0.4, -0.2) is 61.7 Å². The summed E-state index contributed by atoms with van der Waals surface area (Å²) in [6, 6.07) is 2.12. The van der Waals surface area contributed by atoms with Crippen LogP contribution in [0.15, 0.2) is 6.20 Å². The van der Waals surface area contributed by atoms with E-state index in [1.54, 1.807) is 10.8 Å². The van der Waals surface area contributed by atoms with Crippen molar-refractivity contribution in [2.45, 2.75) is 102 Å². The van der Waals surface area contributed by atoms with E-state index in [0.29, 0.717) is 11.0 Å². The van der Waals surface area contributed by atoms with Gasteiger partial charge in [0.15, 0.2) is 11.9 Å². The second-order valence-electron chi connectivity index (χ2n) is 11.2. The molecule has 0 unspecified atom stereocenters. The first-order chi connectivity index (χ1) is 17.3. The number of aliphatic hydroxyl groups excluding tert-OH is 1. The van der Waals surface area contributed by atoms with Crippen molar-refractivity contribution in [3.8, 4) is 6.07 Å². The molecule has 4 rings (SSSR count). The van der Waals surface area contributed by atoms with Crippen LogP contribution < -0.4 is 5.73 Å². The predicted molar refractivity (Wildman–Crippen MR) is 145 cm³/mol. The van der Waals surface area contributed by atoms with Gasteiger partial charge in [0, 0.05) is 6.20 Å². The molecule has 3 N–H and O–H groups in total. The third kappa shape index (κ3) is 4.53. The van der Waals surface area contributed by atoms with Crippen LogP contribution in [0.2, 0.25) is 27.3 Å². The molecule has 13 heteroatoms. The molecule has 0 spiro atoms. The van der Waals surface area contributed by atoms with Gasteiger partial charge < -0.3 is 33.1 Å². The van der Waals surface area contributed by atoms with Gasteiger partial charge in [-0.25, -0.2) is 4.98 Å². The molecule has 0 aromatic carbocycles. The summed E-state index contributed by atoms with van der Waals surface area (Å²) in [4.78, 5) is 8.30. The molecule has 2 aromatic rings. The van der Waals surface area contributed by atoms with Crippen LogP contribution in [0.25, 0.3) is 11.0 Å². The minimum atomic E-state index is -2.94. The summed E-state index contributed by atoms with van der Waals surface area (Å²) in [7, 11) is -5.70. The highest BCUT2D eigenvalue weighted by atomic mass is 35.5. The molecule has 0 saturated carbocycles. The van der Waals surface area contributed by atoms with Crippen LogP contribution in [0, 0.1) is 11.3 Å². The molecule has 4 heterocycles. The molecular weight excluding hydrogens is 530 g/mol. The lowest BCUT2D eigenvalue weighted by molar-refractivity contribution is -0.0568. The molecule has 0 bridgehead atoms. The quantitative estimate of drug-likeness (QED) is 0.387. The summed E-state index contributed by atoms with van der Waals surface area (Å²) < 4.78 is 29.0. The Hall–Kier alpha value is -1.57. The summed E-state index contributed by atoms with van der Waals surface area (Å²) in [6.07, 6.45) is -1.65. The average molecular weight is 568 g/mol. The Kier molecular flexibility index (Phi) is 7.84. The number of hydrogen-bond acceptors (Lipinski definition) is 9. The van der Waals surface area contributed by atoms with Crippen molar-refractivity contribution < 1.29 is 22.8 Å². The van der Waals surface area contributed by atoms with Crippen molar-refractivity contribution in [3.05, 3.63) is 16.9 Å². The van der Waals surface area contributed by atoms with Gasteiger partial charge in [0.1, 0.15) is 29.5 Å². The number of nitriles is 1. The Morgan fingerprint density at radius 3 is 2.22 bits per heavy atom. The van der Waals surface area contributed by atoms with E-state index in [1.165, 1.54) is 0 Å². The highest BCUT2D eigenvalue weighted by Gasteiger charge is 2.61. The Morgan fingerprint density at radius 2 is 1.68 bits per heavy atom. The van der Waals surface area contributed by atoms with E-state index in [0.717, 1.165) is 0 Å². The molecule has 2 aliphatic heterocycles. The van der Waals surface area contributed by atoms with Crippen LogP contribution in [0.5, 0.6) is 0 Å². The number of nitrogens with two attached hydrogens (primary N) is 1. The Bertz CT molecular complexity index is 1180. The molecule has 2 fully saturated rings. The second kappa shape index (κ2) is 10.2. The van der Waals surface area contributed by atoms with E-state index in [-0.39, 0.29) is 45.4 Å². The Labute approximate surface area is 225 Å². The molecule has 4 atom stereocenters. The third-order valence-corrected chi connectivity index (χ3v) is 18.2. The zero-order valence-corrected chi connectivity index (χ0v) is 25.5. The van der Waals surface area contributed by atoms with Crippen LogP contribution in [0.3, 0.4) is 0 Å². The van der Waals surface area contributed by atoms with E-state index in [2.05, 4.69) is 71.4 Å². The topological polar surface area (TPSA) is 138 Å². The molecular formula is C24H38ClN5O5Si2. The first kappa shape index (κ1) is 28.4. The summed E-state index contributed by atoms with van der Waals surface area (Å²) in [5.41, 5.74) is 7.03. The van der Waals surface area contributed by atoms with Crippen molar-refractivity contribution in [1.82, 2.24) is 14.5 Å². The SMILES string of the molecule is CC(C)[Si]1(C(C)C)OC[C@H]2O[C@@H](n3cc(C#N)c4c(Cl)nc(N)nc43)[C@H](O)[C@@H]2O[Si](C(C)C)(C(C)C)O1. The normalized spacial score (nSPS) is 27.6. The highest BCUT2D eigenvalue weighted by molar-refractivity contribution is 6.84. The molecule has 2 saturated heterocycles. The van der Waals surface area contributed by atoms with Crippen molar-refractivity contribution in [3.63, 3.8) is 0 Å². The summed E-state index contributed by atoms with van der Waals surface area (Å²) in [5, 5.41) is 21.8. The lowest BCUT2D eigenvalue weighted by Crippen LogP contribution is -2.65. The van der Waals surface area contributed by atoms with Gasteiger partial charge in [0.2, 0.25) is 5.95 Å². The van der Waals surface area contributed by atoms with E-state index >= 15 is 0 Å². The minimum Gasteiger partial charge on any atom is -0.414 e. The number of halogens is 1. The van der Waals surface area contributed by atoms with E-state index in [1.807, 2.05) is 0 Å². The smallest absolute Gasteiger partial charge is 0.335 e. The van der Waals surface area contributed by atoms with Gasteiger partial charge in [0.05, 0.1) is 17.6 Å². The van der Waals surface area contributed by atoms with Crippen molar-refractivity contribution in [2.75, 3.05) is 12.3 Å². The summed E-state index contributed by atoms with van der Waals surface area (Å²) in [5.74, 6) is -0.0384. The molecule has 10 nitrogen and oxygen atoms in total. The fourth-order valence-corrected chi connectivity index (χ4v) is 17.3. The van der Waals surface area contributed by atoms with Crippen molar-refractivity contribution in [2.24, 2.45) is 0 Å². The molecule has 2 aromatic heterocycles. The lowest BCUT2D eigenvalue weighted by atomic mass is 10.1. The number of hydrogen-bond donors (Lipinski definition) is 2. The zero-order valence-electron chi connectivity index (χ0n) is 22.7. The highest BCUT2D eigenvalue weighted by Crippen LogP contribution is 2.48. The van der Waals surface area contributed by atoms with Gasteiger partial charge in [-0.2, -0.15) is 10.2 Å². The van der Waals surface area contributed by atoms with Gasteiger partial charge in [0.25, 0.3) is 0 Å². The van der Waals surface area contributed by atoms with E-state index in [4.69, 9.17) is 35.0 Å². The number of anilines is 1. The summed E-state index contributed by atoms with van der Waals surface area (Å²) >= 11 is 6.32. The number of rotatable bonds is 5. The molecule has 0 radical (unpaired) electrons. The van der Waals surface area contributed by atoms with Crippen molar-refractivity contribution >= 4 is 45.7 Å². The van der Waals surface area contributed by atoms with Crippen molar-refractivity contribution in [1.29, 1.82) is 5.26 Å². The van der Waals surface area contributed by atoms with Gasteiger partial charge in [-0.15, -0.1) is 0 Å². The van der Waals surface area contributed by atoms with Crippen LogP contribution in [0.1, 0.15) is 67.2 Å². The Balaban J connectivity index is 1.83. The van der Waals surface area contributed by atoms with Crippen LogP contribution >= 0.6 is 11.6 Å². The Morgan fingerprint density at radius 1 is 1.08 bits per heavy atom. The largest absolute Gasteiger partial charge is 0.414 e. The van der Waals surface area contributed by atoms with Gasteiger partial charge in [-0.05, 0) is 22.2 Å². The third-order valence-electron chi connectivity index (χ3n) is 7.68. The first-order valence-electron chi connectivity index (χ1n) is 12.9. The fourth-order valence-electron chi connectivity index (χ4n) is 5.77. The molecule has 37 heavy (non-hydrogen) atoms. The summed E-state index contributed by atoms with van der Waals surface area (Å²) in [6.45, 7) is 17.4. The number of aromatic nitrogens is 3. The fraction of sp³-hybridized carbons (Fsp3) is 0.708. The van der Waals surface area contributed by atoms with E-state index in [9.17, 15) is 10.4 Å². The van der Waals surface area contributed by atoms with Gasteiger partial charge >= 0.3 is 17.1 Å². The average Bonchev–Trinajstić information content (AvgIpc) is 3.30. The maximum atomic E-state index is 11.6. The molecule has 204 valence electrons. The first-order valence-corrected chi connectivity index (χ1v) is 17.2. The number of nitrogen functional groups attached to an aromatic ring is 1. The maximum Gasteiger partial charge on any atom is 0.335 e. The zero-order chi connectivity index (χ0) is 27.4. The lowest BCUT2D eigenvalue weighted by Gasteiger charge is -2.51. The van der Waals surface area contributed by atoms with E-state index < -0.39 is 41.7 Å². The monoisotopic (exact) mass is 567 g/mol. The molecule has 0 aliphatic carbocycles. The molecule has 2 aliphatic rings. The van der Waals surface area contributed by atoms with Gasteiger partial charge in [-0.3, -0.25) is 0 Å². The number of fused-ring (bicyclic) bond motifs is 2. The predicted octanol–water partition coefficient (Wildman–Crippen LogP) is 4.75. The number of aliphatic hydroxyl groups is 1. The van der Waals surface area contributed by atoms with Crippen LogP contribution in [-0.2, 0) is 17.7 Å².